The number of ether oxygens (including phenoxy) is 1. The van der Waals surface area contributed by atoms with Crippen LogP contribution in [0.4, 0.5) is 17.6 Å². The Labute approximate surface area is 222 Å². The van der Waals surface area contributed by atoms with Crippen molar-refractivity contribution in [3.63, 3.8) is 0 Å². The summed E-state index contributed by atoms with van der Waals surface area (Å²) in [5.41, 5.74) is 0.476. The lowest BCUT2D eigenvalue weighted by Crippen LogP contribution is -2.44. The number of hydrogen-bond acceptors (Lipinski definition) is 4. The Hall–Kier alpha value is -3.35. The molecule has 1 aromatic heterocycles. The molecular formula is C28H25ClF4N2O3. The number of benzene rings is 2. The average molecular weight is 549 g/mol. The predicted molar refractivity (Wildman–Crippen MR) is 135 cm³/mol. The number of alkyl halides is 1. The number of carbonyl (C=O) groups is 1. The Balaban J connectivity index is 1.42. The number of carboxylic acids is 1. The molecule has 3 atom stereocenters. The highest BCUT2D eigenvalue weighted by Crippen LogP contribution is 2.38. The van der Waals surface area contributed by atoms with Gasteiger partial charge in [-0.3, -0.25) is 14.7 Å². The highest BCUT2D eigenvalue weighted by Gasteiger charge is 2.34. The summed E-state index contributed by atoms with van der Waals surface area (Å²) in [5, 5.41) is 10.6. The van der Waals surface area contributed by atoms with Gasteiger partial charge >= 0.3 is 5.97 Å². The van der Waals surface area contributed by atoms with Crippen molar-refractivity contribution < 1.29 is 32.2 Å². The van der Waals surface area contributed by atoms with Gasteiger partial charge in [0.05, 0.1) is 35.7 Å². The Bertz CT molecular complexity index is 1410. The summed E-state index contributed by atoms with van der Waals surface area (Å²) in [4.78, 5) is 18.0. The van der Waals surface area contributed by atoms with Crippen LogP contribution in [0.25, 0.3) is 10.9 Å². The van der Waals surface area contributed by atoms with Crippen molar-refractivity contribution in [3.05, 3.63) is 70.1 Å². The number of hydrogen-bond donors (Lipinski definition) is 1. The fourth-order valence-electron chi connectivity index (χ4n) is 4.85. The largest absolute Gasteiger partial charge is 0.497 e. The zero-order chi connectivity index (χ0) is 27.4. The first-order valence-electron chi connectivity index (χ1n) is 12.0. The van der Waals surface area contributed by atoms with E-state index in [4.69, 9.17) is 16.3 Å². The first-order valence-corrected chi connectivity index (χ1v) is 12.4. The van der Waals surface area contributed by atoms with Crippen LogP contribution in [0.2, 0.25) is 5.02 Å². The Morgan fingerprint density at radius 2 is 2.08 bits per heavy atom. The van der Waals surface area contributed by atoms with Crippen LogP contribution in [-0.4, -0.2) is 47.7 Å². The molecule has 1 aliphatic rings. The standard InChI is InChI=1S/C28H25ClF4N2O3/c1-38-19-5-7-25-20(13-19)26(22(29)14-34-25)23(31)6-4-16-8-10-35(15-21(16)28(36)37)9-2-3-17-11-18(30)12-24(32)27(17)33/h5,7,11-14,16,21,23H,4,6,8-10,15H2,1H3,(H,36,37)/t16-,21+,23-/m0/s1. The quantitative estimate of drug-likeness (QED) is 0.217. The second-order valence-electron chi connectivity index (χ2n) is 9.23. The number of likely N-dealkylation sites (tertiary alicyclic amines) is 1. The van der Waals surface area contributed by atoms with Crippen molar-refractivity contribution in [2.45, 2.75) is 25.4 Å². The smallest absolute Gasteiger partial charge is 0.308 e. The van der Waals surface area contributed by atoms with Gasteiger partial charge in [-0.05, 0) is 56.0 Å². The van der Waals surface area contributed by atoms with Crippen LogP contribution in [0.15, 0.2) is 36.5 Å². The fourth-order valence-corrected chi connectivity index (χ4v) is 5.12. The predicted octanol–water partition coefficient (Wildman–Crippen LogP) is 6.18. The SMILES string of the molecule is COc1ccc2ncc(Cl)c([C@@H](F)CC[C@H]3CCN(CC#Cc4cc(F)cc(F)c4F)C[C@H]3C(=O)O)c2c1. The number of nitrogens with zero attached hydrogens (tertiary/aromatic N) is 2. The molecule has 5 nitrogen and oxygen atoms in total. The van der Waals surface area contributed by atoms with Gasteiger partial charge in [0, 0.05) is 29.8 Å². The zero-order valence-corrected chi connectivity index (χ0v) is 21.2. The lowest BCUT2D eigenvalue weighted by molar-refractivity contribution is -0.146. The molecule has 0 spiro atoms. The summed E-state index contributed by atoms with van der Waals surface area (Å²) in [7, 11) is 1.51. The van der Waals surface area contributed by atoms with Gasteiger partial charge in [0.2, 0.25) is 0 Å². The molecule has 0 radical (unpaired) electrons. The molecule has 4 rings (SSSR count). The maximum Gasteiger partial charge on any atom is 0.308 e. The van der Waals surface area contributed by atoms with E-state index in [0.717, 1.165) is 6.07 Å². The van der Waals surface area contributed by atoms with Crippen molar-refractivity contribution in [1.29, 1.82) is 0 Å². The second kappa shape index (κ2) is 12.0. The third kappa shape index (κ3) is 6.20. The number of methoxy groups -OCH3 is 1. The van der Waals surface area contributed by atoms with Crippen molar-refractivity contribution in [3.8, 4) is 17.6 Å². The minimum absolute atomic E-state index is 0.0781. The summed E-state index contributed by atoms with van der Waals surface area (Å²) < 4.78 is 61.3. The molecule has 2 heterocycles. The number of aromatic nitrogens is 1. The molecular weight excluding hydrogens is 524 g/mol. The van der Waals surface area contributed by atoms with E-state index in [2.05, 4.69) is 16.8 Å². The maximum absolute atomic E-state index is 15.5. The monoisotopic (exact) mass is 548 g/mol. The highest BCUT2D eigenvalue weighted by atomic mass is 35.5. The van der Waals surface area contributed by atoms with E-state index in [-0.39, 0.29) is 30.5 Å². The van der Waals surface area contributed by atoms with Crippen LogP contribution in [0, 0.1) is 41.1 Å². The molecule has 0 unspecified atom stereocenters. The van der Waals surface area contributed by atoms with Crippen molar-refractivity contribution in [2.24, 2.45) is 11.8 Å². The van der Waals surface area contributed by atoms with Gasteiger partial charge in [-0.1, -0.05) is 23.4 Å². The van der Waals surface area contributed by atoms with Gasteiger partial charge in [0.25, 0.3) is 0 Å². The van der Waals surface area contributed by atoms with E-state index in [0.29, 0.717) is 47.7 Å². The molecule has 0 bridgehead atoms. The van der Waals surface area contributed by atoms with Crippen LogP contribution < -0.4 is 4.74 Å². The summed E-state index contributed by atoms with van der Waals surface area (Å²) in [6, 6.07) is 6.37. The average Bonchev–Trinajstić information content (AvgIpc) is 2.89. The highest BCUT2D eigenvalue weighted by molar-refractivity contribution is 6.32. The lowest BCUT2D eigenvalue weighted by Gasteiger charge is -2.36. The van der Waals surface area contributed by atoms with E-state index in [1.807, 2.05) is 0 Å². The molecule has 200 valence electrons. The molecule has 10 heteroatoms. The van der Waals surface area contributed by atoms with Crippen LogP contribution in [-0.2, 0) is 4.79 Å². The van der Waals surface area contributed by atoms with Crippen LogP contribution >= 0.6 is 11.6 Å². The van der Waals surface area contributed by atoms with E-state index < -0.39 is 41.1 Å². The minimum atomic E-state index is -1.43. The summed E-state index contributed by atoms with van der Waals surface area (Å²) >= 11 is 6.31. The van der Waals surface area contributed by atoms with Gasteiger partial charge in [0.15, 0.2) is 11.6 Å². The first kappa shape index (κ1) is 27.7. The number of halogens is 5. The number of aliphatic carboxylic acids is 1. The third-order valence-corrected chi connectivity index (χ3v) is 7.15. The van der Waals surface area contributed by atoms with Gasteiger partial charge in [-0.25, -0.2) is 17.6 Å². The van der Waals surface area contributed by atoms with E-state index >= 15 is 4.39 Å². The molecule has 1 fully saturated rings. The normalized spacial score (nSPS) is 18.6. The number of pyridine rings is 1. The number of rotatable bonds is 7. The molecule has 38 heavy (non-hydrogen) atoms. The summed E-state index contributed by atoms with van der Waals surface area (Å²) in [6.45, 7) is 0.762. The zero-order valence-electron chi connectivity index (χ0n) is 20.5. The van der Waals surface area contributed by atoms with Gasteiger partial charge in [0.1, 0.15) is 17.7 Å². The third-order valence-electron chi connectivity index (χ3n) is 6.85. The minimum Gasteiger partial charge on any atom is -0.497 e. The maximum atomic E-state index is 15.5. The number of fused-ring (bicyclic) bond motifs is 1. The molecule has 1 N–H and O–H groups in total. The molecule has 0 aliphatic carbocycles. The van der Waals surface area contributed by atoms with Crippen LogP contribution in [0.1, 0.15) is 36.6 Å². The van der Waals surface area contributed by atoms with E-state index in [9.17, 15) is 23.1 Å². The molecule has 2 aromatic carbocycles. The lowest BCUT2D eigenvalue weighted by atomic mass is 9.81. The topological polar surface area (TPSA) is 62.7 Å². The Morgan fingerprint density at radius 3 is 2.82 bits per heavy atom. The van der Waals surface area contributed by atoms with Gasteiger partial charge in [-0.2, -0.15) is 0 Å². The van der Waals surface area contributed by atoms with E-state index in [1.165, 1.54) is 13.3 Å². The molecule has 1 aliphatic heterocycles. The van der Waals surface area contributed by atoms with Gasteiger partial charge in [-0.15, -0.1) is 0 Å². The van der Waals surface area contributed by atoms with Crippen LogP contribution in [0.5, 0.6) is 5.75 Å². The Kier molecular flexibility index (Phi) is 8.75. The summed E-state index contributed by atoms with van der Waals surface area (Å²) in [5.74, 6) is 0.0895. The first-order chi connectivity index (χ1) is 18.2. The second-order valence-corrected chi connectivity index (χ2v) is 9.63. The van der Waals surface area contributed by atoms with Crippen molar-refractivity contribution in [2.75, 3.05) is 26.7 Å². The number of piperidine rings is 1. The Morgan fingerprint density at radius 1 is 1.29 bits per heavy atom. The molecule has 0 amide bonds. The fraction of sp³-hybridized carbons (Fsp3) is 0.357. The van der Waals surface area contributed by atoms with E-state index in [1.54, 1.807) is 23.1 Å². The van der Waals surface area contributed by atoms with Crippen molar-refractivity contribution >= 4 is 28.5 Å². The number of carboxylic acid groups (broad SMARTS) is 1. The molecule has 0 saturated carbocycles. The van der Waals surface area contributed by atoms with Gasteiger partial charge < -0.3 is 9.84 Å². The van der Waals surface area contributed by atoms with Crippen LogP contribution in [0.3, 0.4) is 0 Å². The molecule has 3 aromatic rings. The summed E-state index contributed by atoms with van der Waals surface area (Å²) in [6.07, 6.45) is 0.874. The molecule has 1 saturated heterocycles. The van der Waals surface area contributed by atoms with Crippen molar-refractivity contribution in [1.82, 2.24) is 9.88 Å².